The monoisotopic (exact) mass is 677 g/mol. The van der Waals surface area contributed by atoms with Crippen molar-refractivity contribution in [2.75, 3.05) is 33.9 Å². The van der Waals surface area contributed by atoms with E-state index in [9.17, 15) is 9.90 Å². The summed E-state index contributed by atoms with van der Waals surface area (Å²) >= 11 is 14.1. The molecular formula is C34H37Cl2N7O4. The van der Waals surface area contributed by atoms with Crippen LogP contribution < -0.4 is 20.1 Å². The first-order valence-electron chi connectivity index (χ1n) is 15.5. The normalized spacial score (nSPS) is 19.6. The fourth-order valence-electron chi connectivity index (χ4n) is 6.07. The number of likely N-dealkylation sites (tertiary alicyclic amines) is 1. The Morgan fingerprint density at radius 1 is 0.957 bits per heavy atom. The minimum absolute atomic E-state index is 0.0823. The van der Waals surface area contributed by atoms with E-state index in [0.29, 0.717) is 94.7 Å². The van der Waals surface area contributed by atoms with Crippen LogP contribution in [0.3, 0.4) is 0 Å². The molecule has 0 spiro atoms. The van der Waals surface area contributed by atoms with Crippen molar-refractivity contribution >= 4 is 29.1 Å². The summed E-state index contributed by atoms with van der Waals surface area (Å²) in [6.45, 7) is 4.78. The van der Waals surface area contributed by atoms with E-state index in [-0.39, 0.29) is 11.9 Å². The third-order valence-electron chi connectivity index (χ3n) is 8.52. The van der Waals surface area contributed by atoms with Crippen LogP contribution in [0.25, 0.3) is 33.6 Å². The maximum absolute atomic E-state index is 11.5. The number of amides is 1. The minimum Gasteiger partial charge on any atom is -0.480 e. The molecule has 1 unspecified atom stereocenters. The molecule has 6 rings (SSSR count). The summed E-state index contributed by atoms with van der Waals surface area (Å²) in [5.74, 6) is 0.879. The lowest BCUT2D eigenvalue weighted by atomic mass is 9.98. The molecule has 2 aromatic heterocycles. The molecular weight excluding hydrogens is 641 g/mol. The standard InChI is InChI=1S/C34H37Cl2N7O4/c1-34(45)12-13-43(19-34)18-28-33(47-3)42-26(17-39-28)24-9-5-7-22(31(24)36)21-6-4-8-23(30(21)35)25-16-38-27(32(41-25)46-2)15-37-14-20-10-11-29(44)40-20/h4-9,16-17,20,37,45H,10-15,18-19H2,1-3H3,(H,40,44)/t20-,34?/m0/s1. The van der Waals surface area contributed by atoms with E-state index in [0.717, 1.165) is 24.1 Å². The lowest BCUT2D eigenvalue weighted by Crippen LogP contribution is -2.35. The highest BCUT2D eigenvalue weighted by molar-refractivity contribution is 6.39. The number of hydrogen-bond donors (Lipinski definition) is 3. The Morgan fingerprint density at radius 3 is 2.06 bits per heavy atom. The Kier molecular flexibility index (Phi) is 9.90. The van der Waals surface area contributed by atoms with E-state index in [4.69, 9.17) is 42.6 Å². The molecule has 2 atom stereocenters. The maximum atomic E-state index is 11.5. The highest BCUT2D eigenvalue weighted by Crippen LogP contribution is 2.42. The predicted molar refractivity (Wildman–Crippen MR) is 180 cm³/mol. The van der Waals surface area contributed by atoms with E-state index in [1.165, 1.54) is 0 Å². The molecule has 13 heteroatoms. The zero-order valence-corrected chi connectivity index (χ0v) is 28.0. The van der Waals surface area contributed by atoms with Crippen molar-refractivity contribution in [1.29, 1.82) is 0 Å². The third-order valence-corrected chi connectivity index (χ3v) is 9.34. The summed E-state index contributed by atoms with van der Waals surface area (Å²) in [5.41, 5.74) is 4.56. The molecule has 0 bridgehead atoms. The molecule has 0 saturated carbocycles. The highest BCUT2D eigenvalue weighted by atomic mass is 35.5. The van der Waals surface area contributed by atoms with Crippen LogP contribution >= 0.6 is 23.2 Å². The molecule has 0 radical (unpaired) electrons. The Hall–Kier alpha value is -3.87. The van der Waals surface area contributed by atoms with Crippen LogP contribution in [0.5, 0.6) is 11.8 Å². The summed E-state index contributed by atoms with van der Waals surface area (Å²) in [4.78, 5) is 32.4. The highest BCUT2D eigenvalue weighted by Gasteiger charge is 2.32. The van der Waals surface area contributed by atoms with Gasteiger partial charge in [-0.3, -0.25) is 19.7 Å². The van der Waals surface area contributed by atoms with Crippen LogP contribution in [0.4, 0.5) is 0 Å². The van der Waals surface area contributed by atoms with E-state index in [1.807, 2.05) is 43.3 Å². The number of halogens is 2. The Morgan fingerprint density at radius 2 is 1.53 bits per heavy atom. The van der Waals surface area contributed by atoms with Crippen molar-refractivity contribution in [2.24, 2.45) is 0 Å². The number of rotatable bonds is 11. The number of ether oxygens (including phenoxy) is 2. The lowest BCUT2D eigenvalue weighted by molar-refractivity contribution is -0.119. The van der Waals surface area contributed by atoms with Crippen LogP contribution in [-0.4, -0.2) is 81.3 Å². The predicted octanol–water partition coefficient (Wildman–Crippen LogP) is 4.92. The molecule has 2 saturated heterocycles. The van der Waals surface area contributed by atoms with E-state index in [2.05, 4.69) is 25.5 Å². The van der Waals surface area contributed by atoms with Gasteiger partial charge in [0, 0.05) is 67.4 Å². The SMILES string of the molecule is COc1nc(-c2cccc(-c3cccc(-c4cnc(CN5CCC(C)(O)C5)c(OC)n4)c3Cl)c2Cl)cnc1CNC[C@@H]1CCC(=O)N1. The number of aliphatic hydroxyl groups is 1. The van der Waals surface area contributed by atoms with E-state index in [1.54, 1.807) is 26.6 Å². The van der Waals surface area contributed by atoms with Gasteiger partial charge in [0.25, 0.3) is 0 Å². The van der Waals surface area contributed by atoms with Crippen molar-refractivity contribution in [1.82, 2.24) is 35.5 Å². The van der Waals surface area contributed by atoms with Gasteiger partial charge in [0.05, 0.1) is 53.6 Å². The summed E-state index contributed by atoms with van der Waals surface area (Å²) in [6.07, 6.45) is 5.44. The smallest absolute Gasteiger partial charge is 0.237 e. The molecule has 246 valence electrons. The molecule has 2 aliphatic rings. The summed E-state index contributed by atoms with van der Waals surface area (Å²) in [5, 5.41) is 17.6. The second-order valence-electron chi connectivity index (χ2n) is 12.1. The van der Waals surface area contributed by atoms with Gasteiger partial charge in [-0.2, -0.15) is 0 Å². The van der Waals surface area contributed by atoms with Gasteiger partial charge in [0.2, 0.25) is 17.7 Å². The van der Waals surface area contributed by atoms with Crippen molar-refractivity contribution in [2.45, 2.75) is 50.9 Å². The molecule has 4 heterocycles. The van der Waals surface area contributed by atoms with Gasteiger partial charge in [0.15, 0.2) is 0 Å². The number of benzene rings is 2. The Bertz CT molecular complexity index is 1790. The van der Waals surface area contributed by atoms with E-state index >= 15 is 0 Å². The molecule has 2 aromatic carbocycles. The topological polar surface area (TPSA) is 135 Å². The number of carbonyl (C=O) groups is 1. The molecule has 2 fully saturated rings. The number of β-amino-alcohol motifs (C(OH)–C–C–N with tert-alkyl or cyclic N) is 1. The Labute approximate surface area is 283 Å². The van der Waals surface area contributed by atoms with Gasteiger partial charge in [-0.25, -0.2) is 9.97 Å². The number of hydrogen-bond acceptors (Lipinski definition) is 10. The molecule has 2 aliphatic heterocycles. The zero-order chi connectivity index (χ0) is 33.1. The van der Waals surface area contributed by atoms with Crippen molar-refractivity contribution in [3.63, 3.8) is 0 Å². The van der Waals surface area contributed by atoms with Crippen LogP contribution in [0.2, 0.25) is 10.0 Å². The van der Waals surface area contributed by atoms with Crippen molar-refractivity contribution in [3.05, 3.63) is 70.2 Å². The van der Waals surface area contributed by atoms with Gasteiger partial charge in [-0.05, 0) is 19.8 Å². The lowest BCUT2D eigenvalue weighted by Gasteiger charge is -2.19. The molecule has 11 nitrogen and oxygen atoms in total. The fraction of sp³-hybridized carbons (Fsp3) is 0.382. The van der Waals surface area contributed by atoms with Gasteiger partial charge in [0.1, 0.15) is 11.4 Å². The zero-order valence-electron chi connectivity index (χ0n) is 26.5. The maximum Gasteiger partial charge on any atom is 0.237 e. The largest absolute Gasteiger partial charge is 0.480 e. The number of methoxy groups -OCH3 is 2. The van der Waals surface area contributed by atoms with Crippen molar-refractivity contribution < 1.29 is 19.4 Å². The third kappa shape index (κ3) is 7.34. The molecule has 3 N–H and O–H groups in total. The van der Waals surface area contributed by atoms with Gasteiger partial charge >= 0.3 is 0 Å². The second-order valence-corrected chi connectivity index (χ2v) is 12.9. The number of carbonyl (C=O) groups excluding carboxylic acids is 1. The fourth-order valence-corrected chi connectivity index (χ4v) is 6.72. The van der Waals surface area contributed by atoms with E-state index < -0.39 is 5.60 Å². The molecule has 0 aliphatic carbocycles. The van der Waals surface area contributed by atoms with Crippen molar-refractivity contribution in [3.8, 4) is 45.4 Å². The van der Waals surface area contributed by atoms with Gasteiger partial charge in [-0.1, -0.05) is 59.6 Å². The molecule has 4 aromatic rings. The average Bonchev–Trinajstić information content (AvgIpc) is 3.64. The second kappa shape index (κ2) is 14.1. The Balaban J connectivity index is 1.24. The average molecular weight is 679 g/mol. The van der Waals surface area contributed by atoms with Crippen LogP contribution in [0.15, 0.2) is 48.8 Å². The van der Waals surface area contributed by atoms with Crippen LogP contribution in [0.1, 0.15) is 37.6 Å². The summed E-state index contributed by atoms with van der Waals surface area (Å²) in [7, 11) is 3.12. The number of aromatic nitrogens is 4. The molecule has 47 heavy (non-hydrogen) atoms. The minimum atomic E-state index is -0.705. The van der Waals surface area contributed by atoms with Crippen LogP contribution in [0, 0.1) is 0 Å². The van der Waals surface area contributed by atoms with Gasteiger partial charge < -0.3 is 25.2 Å². The first-order valence-corrected chi connectivity index (χ1v) is 16.2. The number of nitrogens with zero attached hydrogens (tertiary/aromatic N) is 5. The van der Waals surface area contributed by atoms with Gasteiger partial charge in [-0.15, -0.1) is 0 Å². The quantitative estimate of drug-likeness (QED) is 0.201. The van der Waals surface area contributed by atoms with Crippen LogP contribution in [-0.2, 0) is 17.9 Å². The first-order chi connectivity index (χ1) is 22.7. The molecule has 1 amide bonds. The summed E-state index contributed by atoms with van der Waals surface area (Å²) < 4.78 is 11.2. The summed E-state index contributed by atoms with van der Waals surface area (Å²) in [6, 6.07) is 11.5. The number of nitrogens with one attached hydrogen (secondary N) is 2. The first kappa shape index (κ1) is 33.0.